The maximum Gasteiger partial charge on any atom is 0.573 e. The molecule has 1 aromatic carbocycles. The van der Waals surface area contributed by atoms with Gasteiger partial charge in [-0.25, -0.2) is 0 Å². The third-order valence-corrected chi connectivity index (χ3v) is 2.08. The number of alkyl halides is 3. The molecule has 2 aromatic rings. The minimum absolute atomic E-state index is 0.219. The summed E-state index contributed by atoms with van der Waals surface area (Å²) in [6.45, 7) is 1.87. The highest BCUT2D eigenvalue weighted by molar-refractivity contribution is 5.48. The fourth-order valence-corrected chi connectivity index (χ4v) is 1.39. The Morgan fingerprint density at radius 1 is 1.32 bits per heavy atom. The number of halogens is 3. The van der Waals surface area contributed by atoms with Crippen LogP contribution in [0.25, 0.3) is 0 Å². The fourth-order valence-electron chi connectivity index (χ4n) is 1.39. The molecule has 2 rings (SSSR count). The Morgan fingerprint density at radius 2 is 2.11 bits per heavy atom. The molecule has 0 aliphatic rings. The van der Waals surface area contributed by atoms with Gasteiger partial charge in [-0.05, 0) is 12.1 Å². The van der Waals surface area contributed by atoms with Crippen LogP contribution in [0.4, 0.5) is 18.9 Å². The molecule has 1 heterocycles. The first-order chi connectivity index (χ1) is 8.92. The summed E-state index contributed by atoms with van der Waals surface area (Å²) in [7, 11) is 0. The van der Waals surface area contributed by atoms with Gasteiger partial charge in [-0.3, -0.25) is 0 Å². The molecule has 1 aromatic heterocycles. The van der Waals surface area contributed by atoms with E-state index in [9.17, 15) is 13.2 Å². The summed E-state index contributed by atoms with van der Waals surface area (Å²) in [5, 5.41) is 10.2. The lowest BCUT2D eigenvalue weighted by Gasteiger charge is -2.10. The summed E-state index contributed by atoms with van der Waals surface area (Å²) < 4.78 is 45.1. The van der Waals surface area contributed by atoms with E-state index in [1.54, 1.807) is 13.0 Å². The average molecular weight is 273 g/mol. The Bertz CT molecular complexity index is 554. The molecule has 5 nitrogen and oxygen atoms in total. The van der Waals surface area contributed by atoms with Crippen LogP contribution in [-0.4, -0.2) is 16.6 Å². The van der Waals surface area contributed by atoms with E-state index < -0.39 is 6.36 Å². The van der Waals surface area contributed by atoms with E-state index in [2.05, 4.69) is 20.3 Å². The number of rotatable bonds is 4. The van der Waals surface area contributed by atoms with Gasteiger partial charge in [0.25, 0.3) is 0 Å². The molecule has 0 bridgehead atoms. The van der Waals surface area contributed by atoms with Crippen LogP contribution in [-0.2, 0) is 6.54 Å². The van der Waals surface area contributed by atoms with Crippen molar-refractivity contribution in [2.75, 3.05) is 5.32 Å². The van der Waals surface area contributed by atoms with E-state index in [1.807, 2.05) is 0 Å². The van der Waals surface area contributed by atoms with Crippen molar-refractivity contribution < 1.29 is 22.3 Å². The van der Waals surface area contributed by atoms with Crippen molar-refractivity contribution in [3.8, 4) is 5.75 Å². The minimum atomic E-state index is -4.71. The molecule has 0 spiro atoms. The molecule has 0 aliphatic heterocycles. The Labute approximate surface area is 106 Å². The number of benzene rings is 1. The lowest BCUT2D eigenvalue weighted by Crippen LogP contribution is -2.17. The predicted octanol–water partition coefficient (Wildman–Crippen LogP) is 2.89. The van der Waals surface area contributed by atoms with Crippen molar-refractivity contribution in [3.05, 3.63) is 36.0 Å². The molecule has 1 N–H and O–H groups in total. The van der Waals surface area contributed by atoms with Gasteiger partial charge in [0.15, 0.2) is 0 Å². The van der Waals surface area contributed by atoms with Gasteiger partial charge in [0, 0.05) is 18.7 Å². The maximum absolute atomic E-state index is 12.1. The van der Waals surface area contributed by atoms with Gasteiger partial charge in [-0.2, -0.15) is 0 Å². The molecule has 0 aliphatic carbocycles. The number of nitrogens with one attached hydrogen (secondary N) is 1. The second kappa shape index (κ2) is 5.17. The van der Waals surface area contributed by atoms with Crippen LogP contribution in [0.5, 0.6) is 5.75 Å². The second-order valence-electron chi connectivity index (χ2n) is 3.64. The lowest BCUT2D eigenvalue weighted by atomic mass is 10.3. The zero-order chi connectivity index (χ0) is 13.9. The molecule has 0 fully saturated rings. The van der Waals surface area contributed by atoms with Crippen LogP contribution < -0.4 is 10.1 Å². The molecule has 0 atom stereocenters. The summed E-state index contributed by atoms with van der Waals surface area (Å²) in [6.07, 6.45) is -4.71. The SMILES string of the molecule is Cc1nnc(CNc2cccc(OC(F)(F)F)c2)o1. The predicted molar refractivity (Wildman–Crippen MR) is 59.5 cm³/mol. The van der Waals surface area contributed by atoms with Crippen molar-refractivity contribution in [3.63, 3.8) is 0 Å². The number of anilines is 1. The number of aromatic nitrogens is 2. The average Bonchev–Trinajstić information content (AvgIpc) is 2.71. The van der Waals surface area contributed by atoms with Gasteiger partial charge >= 0.3 is 6.36 Å². The number of ether oxygens (including phenoxy) is 1. The number of hydrogen-bond acceptors (Lipinski definition) is 5. The van der Waals surface area contributed by atoms with Crippen molar-refractivity contribution in [1.29, 1.82) is 0 Å². The number of hydrogen-bond donors (Lipinski definition) is 1. The van der Waals surface area contributed by atoms with Crippen molar-refractivity contribution in [1.82, 2.24) is 10.2 Å². The molecule has 19 heavy (non-hydrogen) atoms. The van der Waals surface area contributed by atoms with Gasteiger partial charge in [0.2, 0.25) is 11.8 Å². The van der Waals surface area contributed by atoms with E-state index in [0.717, 1.165) is 0 Å². The molecular formula is C11H10F3N3O2. The number of nitrogens with zero attached hydrogens (tertiary/aromatic N) is 2. The quantitative estimate of drug-likeness (QED) is 0.928. The minimum Gasteiger partial charge on any atom is -0.424 e. The maximum atomic E-state index is 12.1. The highest BCUT2D eigenvalue weighted by atomic mass is 19.4. The van der Waals surface area contributed by atoms with Gasteiger partial charge in [-0.1, -0.05) is 6.07 Å². The van der Waals surface area contributed by atoms with Crippen LogP contribution in [0.2, 0.25) is 0 Å². The molecule has 0 unspecified atom stereocenters. The zero-order valence-electron chi connectivity index (χ0n) is 9.86. The summed E-state index contributed by atoms with van der Waals surface area (Å²) in [5.74, 6) is 0.477. The monoisotopic (exact) mass is 273 g/mol. The van der Waals surface area contributed by atoms with Crippen molar-refractivity contribution in [2.45, 2.75) is 19.8 Å². The molecule has 8 heteroatoms. The van der Waals surface area contributed by atoms with Crippen LogP contribution in [0, 0.1) is 6.92 Å². The van der Waals surface area contributed by atoms with Crippen LogP contribution in [0.3, 0.4) is 0 Å². The first-order valence-electron chi connectivity index (χ1n) is 5.31. The van der Waals surface area contributed by atoms with E-state index >= 15 is 0 Å². The molecule has 0 saturated heterocycles. The van der Waals surface area contributed by atoms with E-state index in [4.69, 9.17) is 4.42 Å². The highest BCUT2D eigenvalue weighted by Crippen LogP contribution is 2.25. The van der Waals surface area contributed by atoms with E-state index in [0.29, 0.717) is 17.5 Å². The summed E-state index contributed by atoms with van der Waals surface area (Å²) in [6, 6.07) is 5.50. The van der Waals surface area contributed by atoms with Crippen LogP contribution in [0.1, 0.15) is 11.8 Å². The van der Waals surface area contributed by atoms with Gasteiger partial charge in [0.1, 0.15) is 5.75 Å². The van der Waals surface area contributed by atoms with Gasteiger partial charge in [0.05, 0.1) is 6.54 Å². The van der Waals surface area contributed by atoms with Gasteiger partial charge < -0.3 is 14.5 Å². The smallest absolute Gasteiger partial charge is 0.424 e. The summed E-state index contributed by atoms with van der Waals surface area (Å²) in [4.78, 5) is 0. The molecule has 0 saturated carbocycles. The Hall–Kier alpha value is -2.25. The summed E-state index contributed by atoms with van der Waals surface area (Å²) in [5.41, 5.74) is 0.456. The molecule has 0 amide bonds. The topological polar surface area (TPSA) is 60.2 Å². The third-order valence-electron chi connectivity index (χ3n) is 2.08. The largest absolute Gasteiger partial charge is 0.573 e. The lowest BCUT2D eigenvalue weighted by molar-refractivity contribution is -0.274. The number of aryl methyl sites for hydroxylation is 1. The summed E-state index contributed by atoms with van der Waals surface area (Å²) >= 11 is 0. The Morgan fingerprint density at radius 3 is 2.74 bits per heavy atom. The van der Waals surface area contributed by atoms with Crippen molar-refractivity contribution >= 4 is 5.69 Å². The first-order valence-corrected chi connectivity index (χ1v) is 5.31. The van der Waals surface area contributed by atoms with E-state index in [-0.39, 0.29) is 12.3 Å². The standard InChI is InChI=1S/C11H10F3N3O2/c1-7-16-17-10(18-7)6-15-8-3-2-4-9(5-8)19-11(12,13)14/h2-5,15H,6H2,1H3. The fraction of sp³-hybridized carbons (Fsp3) is 0.273. The molecule has 0 radical (unpaired) electrons. The Kier molecular flexibility index (Phi) is 3.59. The molecular weight excluding hydrogens is 263 g/mol. The first kappa shape index (κ1) is 13.2. The zero-order valence-corrected chi connectivity index (χ0v) is 9.86. The molecule has 102 valence electrons. The van der Waals surface area contributed by atoms with Crippen LogP contribution in [0.15, 0.2) is 28.7 Å². The van der Waals surface area contributed by atoms with Crippen LogP contribution >= 0.6 is 0 Å². The highest BCUT2D eigenvalue weighted by Gasteiger charge is 2.31. The van der Waals surface area contributed by atoms with E-state index in [1.165, 1.54) is 18.2 Å². The Balaban J connectivity index is 1.99. The normalized spacial score (nSPS) is 11.4. The van der Waals surface area contributed by atoms with Gasteiger partial charge in [-0.15, -0.1) is 23.4 Å². The third kappa shape index (κ3) is 4.16. The van der Waals surface area contributed by atoms with Crippen molar-refractivity contribution in [2.24, 2.45) is 0 Å². The second-order valence-corrected chi connectivity index (χ2v) is 3.64.